The van der Waals surface area contributed by atoms with Crippen LogP contribution >= 0.6 is 0 Å². The second-order valence-electron chi connectivity index (χ2n) is 1.13. The monoisotopic (exact) mass is 120 g/mol. The molecule has 0 aromatic heterocycles. The number of nitrogens with one attached hydrogen (secondary N) is 1. The Hall–Kier alpha value is -0.135. The van der Waals surface area contributed by atoms with Crippen LogP contribution in [0, 0.1) is 0 Å². The Morgan fingerprint density at radius 3 is 2.62 bits per heavy atom. The van der Waals surface area contributed by atoms with Crippen molar-refractivity contribution in [3.05, 3.63) is 0 Å². The lowest BCUT2D eigenvalue weighted by Gasteiger charge is -2.00. The first-order valence-electron chi connectivity index (χ1n) is 2.22. The molecule has 5 N–H and O–H groups in total. The fourth-order valence-electron chi connectivity index (χ4n) is 0.192. The molecule has 0 aromatic rings. The smallest absolute Gasteiger partial charge is 0.401 e. The molecule has 48 valence electrons. The van der Waals surface area contributed by atoms with E-state index < -0.39 is 7.32 Å². The highest BCUT2D eigenvalue weighted by Crippen LogP contribution is 1.64. The SMILES string of the molecule is NCCNOB(O)O. The average Bonchev–Trinajstić information content (AvgIpc) is 1.66. The normalized spacial score (nSPS) is 9.38. The topological polar surface area (TPSA) is 87.7 Å². The zero-order valence-electron chi connectivity index (χ0n) is 4.37. The molecule has 0 amide bonds. The van der Waals surface area contributed by atoms with Gasteiger partial charge in [-0.25, -0.2) is 5.48 Å². The van der Waals surface area contributed by atoms with Gasteiger partial charge in [0.05, 0.1) is 0 Å². The number of nitrogens with two attached hydrogens (primary N) is 1. The van der Waals surface area contributed by atoms with Crippen LogP contribution in [0.25, 0.3) is 0 Å². The molecule has 0 aliphatic rings. The number of hydrogen-bond acceptors (Lipinski definition) is 5. The third-order valence-electron chi connectivity index (χ3n) is 0.435. The molecule has 0 bridgehead atoms. The molecule has 0 spiro atoms. The van der Waals surface area contributed by atoms with Crippen LogP contribution in [0.15, 0.2) is 0 Å². The molecule has 0 saturated carbocycles. The molecular weight excluding hydrogens is 111 g/mol. The molecule has 0 atom stereocenters. The van der Waals surface area contributed by atoms with Crippen molar-refractivity contribution < 1.29 is 14.8 Å². The minimum Gasteiger partial charge on any atom is -0.401 e. The Morgan fingerprint density at radius 1 is 1.62 bits per heavy atom. The van der Waals surface area contributed by atoms with Crippen LogP contribution in [0.2, 0.25) is 0 Å². The van der Waals surface area contributed by atoms with Crippen molar-refractivity contribution >= 4 is 7.32 Å². The van der Waals surface area contributed by atoms with Crippen LogP contribution in [-0.2, 0) is 4.76 Å². The lowest BCUT2D eigenvalue weighted by Crippen LogP contribution is -2.31. The summed E-state index contributed by atoms with van der Waals surface area (Å²) in [5.41, 5.74) is 7.22. The zero-order valence-corrected chi connectivity index (χ0v) is 4.37. The highest BCUT2D eigenvalue weighted by molar-refractivity contribution is 6.32. The lowest BCUT2D eigenvalue weighted by atomic mass is 10.3. The zero-order chi connectivity index (χ0) is 6.41. The van der Waals surface area contributed by atoms with Crippen LogP contribution < -0.4 is 11.2 Å². The molecule has 0 radical (unpaired) electrons. The highest BCUT2D eigenvalue weighted by atomic mass is 16.7. The van der Waals surface area contributed by atoms with E-state index in [4.69, 9.17) is 15.8 Å². The molecule has 0 aromatic carbocycles. The summed E-state index contributed by atoms with van der Waals surface area (Å²) in [5.74, 6) is 0. The number of hydrogen-bond donors (Lipinski definition) is 4. The lowest BCUT2D eigenvalue weighted by molar-refractivity contribution is 0.111. The van der Waals surface area contributed by atoms with Crippen molar-refractivity contribution in [2.75, 3.05) is 13.1 Å². The van der Waals surface area contributed by atoms with E-state index in [1.807, 2.05) is 0 Å². The summed E-state index contributed by atoms with van der Waals surface area (Å²) >= 11 is 0. The maximum absolute atomic E-state index is 8.01. The first kappa shape index (κ1) is 7.86. The van der Waals surface area contributed by atoms with Gasteiger partial charge in [0.25, 0.3) is 0 Å². The number of rotatable bonds is 4. The summed E-state index contributed by atoms with van der Waals surface area (Å²) in [4.78, 5) is 0. The maximum atomic E-state index is 8.01. The minimum atomic E-state index is -1.76. The molecule has 8 heavy (non-hydrogen) atoms. The second-order valence-corrected chi connectivity index (χ2v) is 1.13. The average molecular weight is 120 g/mol. The van der Waals surface area contributed by atoms with Crippen molar-refractivity contribution in [1.29, 1.82) is 0 Å². The predicted molar refractivity (Wildman–Crippen MR) is 28.3 cm³/mol. The molecule has 0 rings (SSSR count). The third kappa shape index (κ3) is 5.86. The fourth-order valence-corrected chi connectivity index (χ4v) is 0.192. The van der Waals surface area contributed by atoms with Crippen LogP contribution in [-0.4, -0.2) is 30.5 Å². The van der Waals surface area contributed by atoms with Crippen molar-refractivity contribution in [2.45, 2.75) is 0 Å². The molecule has 0 fully saturated rings. The van der Waals surface area contributed by atoms with Gasteiger partial charge in [0.15, 0.2) is 0 Å². The van der Waals surface area contributed by atoms with Crippen LogP contribution in [0.1, 0.15) is 0 Å². The van der Waals surface area contributed by atoms with E-state index >= 15 is 0 Å². The van der Waals surface area contributed by atoms with Gasteiger partial charge in [0.1, 0.15) is 0 Å². The second kappa shape index (κ2) is 5.01. The summed E-state index contributed by atoms with van der Waals surface area (Å²) < 4.78 is 4.06. The van der Waals surface area contributed by atoms with Crippen molar-refractivity contribution in [1.82, 2.24) is 5.48 Å². The molecule has 0 aliphatic carbocycles. The van der Waals surface area contributed by atoms with E-state index in [1.54, 1.807) is 0 Å². The third-order valence-corrected chi connectivity index (χ3v) is 0.435. The van der Waals surface area contributed by atoms with Gasteiger partial charge in [-0.2, -0.15) is 0 Å². The first-order valence-corrected chi connectivity index (χ1v) is 2.22. The van der Waals surface area contributed by atoms with Crippen molar-refractivity contribution in [3.63, 3.8) is 0 Å². The van der Waals surface area contributed by atoms with Gasteiger partial charge in [0, 0.05) is 13.1 Å². The van der Waals surface area contributed by atoms with Gasteiger partial charge < -0.3 is 20.5 Å². The molecule has 0 unspecified atom stereocenters. The van der Waals surface area contributed by atoms with E-state index in [2.05, 4.69) is 10.2 Å². The van der Waals surface area contributed by atoms with Crippen LogP contribution in [0.4, 0.5) is 0 Å². The summed E-state index contributed by atoms with van der Waals surface area (Å²) in [6.45, 7) is 0.796. The minimum absolute atomic E-state index is 0.396. The molecule has 6 heteroatoms. The summed E-state index contributed by atoms with van der Waals surface area (Å²) in [7, 11) is -1.76. The Labute approximate surface area is 47.6 Å². The van der Waals surface area contributed by atoms with Gasteiger partial charge in [0.2, 0.25) is 0 Å². The molecule has 0 heterocycles. The van der Waals surface area contributed by atoms with Crippen molar-refractivity contribution in [3.8, 4) is 0 Å². The van der Waals surface area contributed by atoms with Crippen LogP contribution in [0.5, 0.6) is 0 Å². The Balaban J connectivity index is 2.72. The summed E-state index contributed by atoms with van der Waals surface area (Å²) in [6.07, 6.45) is 0. The van der Waals surface area contributed by atoms with Gasteiger partial charge in [-0.15, -0.1) is 0 Å². The van der Waals surface area contributed by atoms with Gasteiger partial charge >= 0.3 is 7.32 Å². The maximum Gasteiger partial charge on any atom is 0.651 e. The van der Waals surface area contributed by atoms with E-state index in [-0.39, 0.29) is 0 Å². The largest absolute Gasteiger partial charge is 0.651 e. The van der Waals surface area contributed by atoms with Gasteiger partial charge in [-0.05, 0) is 0 Å². The molecule has 5 nitrogen and oxygen atoms in total. The van der Waals surface area contributed by atoms with Crippen LogP contribution in [0.3, 0.4) is 0 Å². The van der Waals surface area contributed by atoms with E-state index in [9.17, 15) is 0 Å². The Morgan fingerprint density at radius 2 is 2.25 bits per heavy atom. The van der Waals surface area contributed by atoms with Gasteiger partial charge in [-0.1, -0.05) is 0 Å². The quantitative estimate of drug-likeness (QED) is 0.186. The van der Waals surface area contributed by atoms with E-state index in [0.717, 1.165) is 0 Å². The summed E-state index contributed by atoms with van der Waals surface area (Å²) in [5, 5.41) is 16.0. The highest BCUT2D eigenvalue weighted by Gasteiger charge is 2.05. The fraction of sp³-hybridized carbons (Fsp3) is 1.00. The standard InChI is InChI=1S/C2H9BN2O3/c4-1-2-5-8-3(6)7/h5-7H,1-2,4H2. The van der Waals surface area contributed by atoms with Crippen molar-refractivity contribution in [2.24, 2.45) is 5.73 Å². The first-order chi connectivity index (χ1) is 3.77. The molecule has 0 aliphatic heterocycles. The Kier molecular flexibility index (Phi) is 4.93. The number of hydroxylamine groups is 1. The predicted octanol–water partition coefficient (Wildman–Crippen LogP) is -2.56. The summed E-state index contributed by atoms with van der Waals surface area (Å²) in [6, 6.07) is 0. The van der Waals surface area contributed by atoms with Gasteiger partial charge in [-0.3, -0.25) is 0 Å². The van der Waals surface area contributed by atoms with E-state index in [0.29, 0.717) is 13.1 Å². The molecule has 0 saturated heterocycles. The van der Waals surface area contributed by atoms with E-state index in [1.165, 1.54) is 0 Å². The molecular formula is C2H9BN2O3. The Bertz CT molecular complexity index is 52.5.